The topological polar surface area (TPSA) is 82.0 Å². The Hall–Kier alpha value is -2.15. The van der Waals surface area contributed by atoms with Crippen molar-refractivity contribution in [2.24, 2.45) is 5.16 Å². The van der Waals surface area contributed by atoms with Crippen molar-refractivity contribution < 1.29 is 19.2 Å². The average Bonchev–Trinajstić information content (AvgIpc) is 2.52. The molecule has 0 saturated carbocycles. The zero-order valence-corrected chi connectivity index (χ0v) is 15.4. The Balaban J connectivity index is 1.68. The second kappa shape index (κ2) is 8.80. The maximum atomic E-state index is 11.4. The van der Waals surface area contributed by atoms with E-state index in [9.17, 15) is 4.79 Å². The second-order valence-electron chi connectivity index (χ2n) is 6.99. The minimum atomic E-state index is -0.603. The minimum absolute atomic E-state index is 0.318. The van der Waals surface area contributed by atoms with Crippen molar-refractivity contribution in [2.75, 3.05) is 13.2 Å². The number of aryl methyl sites for hydroxylation is 2. The number of hydrogen-bond donors (Lipinski definition) is 1. The van der Waals surface area contributed by atoms with E-state index in [0.717, 1.165) is 36.4 Å². The van der Waals surface area contributed by atoms with E-state index in [2.05, 4.69) is 21.7 Å². The van der Waals surface area contributed by atoms with E-state index in [1.807, 2.05) is 13.0 Å². The Morgan fingerprint density at radius 2 is 2.08 bits per heavy atom. The first-order chi connectivity index (χ1) is 11.8. The number of hydrogen-bond acceptors (Lipinski definition) is 6. The standard InChI is InChI=1S/C18H27N3O4/c1-13-9-10-14-7-5-8-15(16(14)19-13)20-23-11-6-12-24-21-17(22)25-18(2,3)4/h9-10H,5-8,11-12H2,1-4H3,(H,21,22). The number of hydroxylamine groups is 1. The number of aromatic nitrogens is 1. The van der Waals surface area contributed by atoms with Crippen molar-refractivity contribution in [3.63, 3.8) is 0 Å². The van der Waals surface area contributed by atoms with Gasteiger partial charge in [0.2, 0.25) is 0 Å². The van der Waals surface area contributed by atoms with Crippen LogP contribution in [0.2, 0.25) is 0 Å². The van der Waals surface area contributed by atoms with E-state index < -0.39 is 11.7 Å². The van der Waals surface area contributed by atoms with Gasteiger partial charge >= 0.3 is 6.09 Å². The second-order valence-corrected chi connectivity index (χ2v) is 6.99. The molecule has 0 fully saturated rings. The lowest BCUT2D eigenvalue weighted by Gasteiger charge is -2.19. The van der Waals surface area contributed by atoms with Crippen LogP contribution in [0.4, 0.5) is 4.79 Å². The molecule has 0 aromatic carbocycles. The molecule has 0 radical (unpaired) electrons. The van der Waals surface area contributed by atoms with Crippen LogP contribution in [0.1, 0.15) is 57.0 Å². The lowest BCUT2D eigenvalue weighted by atomic mass is 9.94. The molecule has 138 valence electrons. The monoisotopic (exact) mass is 349 g/mol. The van der Waals surface area contributed by atoms with Gasteiger partial charge in [-0.2, -0.15) is 5.48 Å². The Bertz CT molecular complexity index is 623. The molecule has 0 saturated heterocycles. The van der Waals surface area contributed by atoms with Gasteiger partial charge in [0.15, 0.2) is 0 Å². The van der Waals surface area contributed by atoms with Gasteiger partial charge in [0, 0.05) is 12.1 Å². The molecule has 2 rings (SSSR count). The quantitative estimate of drug-likeness (QED) is 0.629. The van der Waals surface area contributed by atoms with Gasteiger partial charge < -0.3 is 9.57 Å². The van der Waals surface area contributed by atoms with E-state index in [0.29, 0.717) is 19.6 Å². The molecular formula is C18H27N3O4. The van der Waals surface area contributed by atoms with Gasteiger partial charge in [0.25, 0.3) is 0 Å². The highest BCUT2D eigenvalue weighted by molar-refractivity contribution is 6.00. The molecule has 0 spiro atoms. The largest absolute Gasteiger partial charge is 0.442 e. The summed E-state index contributed by atoms with van der Waals surface area (Å²) in [7, 11) is 0. The molecule has 25 heavy (non-hydrogen) atoms. The molecule has 0 bridgehead atoms. The summed E-state index contributed by atoms with van der Waals surface area (Å²) in [5.74, 6) is 0. The van der Waals surface area contributed by atoms with E-state index in [4.69, 9.17) is 14.4 Å². The first kappa shape index (κ1) is 19.2. The van der Waals surface area contributed by atoms with Crippen LogP contribution in [0.5, 0.6) is 0 Å². The van der Waals surface area contributed by atoms with Crippen molar-refractivity contribution in [3.05, 3.63) is 29.1 Å². The number of carbonyl (C=O) groups excluding carboxylic acids is 1. The van der Waals surface area contributed by atoms with Crippen LogP contribution in [0.15, 0.2) is 17.3 Å². The maximum Gasteiger partial charge on any atom is 0.431 e. The molecule has 0 aliphatic heterocycles. The van der Waals surface area contributed by atoms with Gasteiger partial charge in [-0.05, 0) is 58.6 Å². The molecule has 1 aliphatic rings. The summed E-state index contributed by atoms with van der Waals surface area (Å²) in [6.07, 6.45) is 2.96. The first-order valence-electron chi connectivity index (χ1n) is 8.62. The molecule has 1 heterocycles. The smallest absolute Gasteiger partial charge is 0.431 e. The van der Waals surface area contributed by atoms with E-state index in [1.165, 1.54) is 5.56 Å². The number of carbonyl (C=O) groups is 1. The number of oxime groups is 1. The number of nitrogens with zero attached hydrogens (tertiary/aromatic N) is 2. The third kappa shape index (κ3) is 6.70. The van der Waals surface area contributed by atoms with Crippen LogP contribution < -0.4 is 5.48 Å². The highest BCUT2D eigenvalue weighted by Crippen LogP contribution is 2.20. The fourth-order valence-corrected chi connectivity index (χ4v) is 2.42. The molecule has 1 aromatic heterocycles. The van der Waals surface area contributed by atoms with Gasteiger partial charge in [-0.25, -0.2) is 4.79 Å². The molecule has 1 aromatic rings. The molecule has 0 atom stereocenters. The Labute approximate surface area is 148 Å². The summed E-state index contributed by atoms with van der Waals surface area (Å²) < 4.78 is 5.05. The van der Waals surface area contributed by atoms with E-state index >= 15 is 0 Å². The minimum Gasteiger partial charge on any atom is -0.442 e. The third-order valence-electron chi connectivity index (χ3n) is 3.46. The average molecular weight is 349 g/mol. The first-order valence-corrected chi connectivity index (χ1v) is 8.62. The number of pyridine rings is 1. The summed E-state index contributed by atoms with van der Waals surface area (Å²) in [6.45, 7) is 8.07. The van der Waals surface area contributed by atoms with Crippen molar-refractivity contribution in [1.82, 2.24) is 10.5 Å². The summed E-state index contributed by atoms with van der Waals surface area (Å²) in [5, 5.41) is 4.23. The highest BCUT2D eigenvalue weighted by Gasteiger charge is 2.18. The fourth-order valence-electron chi connectivity index (χ4n) is 2.42. The predicted octanol–water partition coefficient (Wildman–Crippen LogP) is 3.29. The molecule has 1 N–H and O–H groups in total. The van der Waals surface area contributed by atoms with Gasteiger partial charge in [0.05, 0.1) is 12.3 Å². The van der Waals surface area contributed by atoms with E-state index in [1.54, 1.807) is 20.8 Å². The van der Waals surface area contributed by atoms with Crippen LogP contribution in [0.25, 0.3) is 0 Å². The normalized spacial score (nSPS) is 15.6. The number of rotatable bonds is 6. The van der Waals surface area contributed by atoms with Gasteiger partial charge in [-0.1, -0.05) is 11.2 Å². The Kier molecular flexibility index (Phi) is 6.75. The number of amides is 1. The molecule has 1 amide bonds. The SMILES string of the molecule is Cc1ccc2c(n1)C(=NOCCCONC(=O)OC(C)(C)C)CCC2. The van der Waals surface area contributed by atoms with Crippen LogP contribution >= 0.6 is 0 Å². The summed E-state index contributed by atoms with van der Waals surface area (Å²) in [4.78, 5) is 26.4. The number of nitrogens with one attached hydrogen (secondary N) is 1. The van der Waals surface area contributed by atoms with Gasteiger partial charge in [-0.15, -0.1) is 0 Å². The van der Waals surface area contributed by atoms with Crippen LogP contribution in [-0.2, 0) is 20.8 Å². The van der Waals surface area contributed by atoms with Crippen molar-refractivity contribution in [1.29, 1.82) is 0 Å². The zero-order valence-electron chi connectivity index (χ0n) is 15.4. The van der Waals surface area contributed by atoms with Crippen molar-refractivity contribution in [2.45, 2.75) is 59.0 Å². The molecule has 7 heteroatoms. The van der Waals surface area contributed by atoms with Gasteiger partial charge in [-0.3, -0.25) is 9.82 Å². The zero-order chi connectivity index (χ0) is 18.3. The van der Waals surface area contributed by atoms with Crippen LogP contribution in [0, 0.1) is 6.92 Å². The summed E-state index contributed by atoms with van der Waals surface area (Å²) in [5.41, 5.74) is 5.75. The van der Waals surface area contributed by atoms with Crippen molar-refractivity contribution in [3.8, 4) is 0 Å². The molecular weight excluding hydrogens is 322 g/mol. The highest BCUT2D eigenvalue weighted by atomic mass is 16.7. The predicted molar refractivity (Wildman–Crippen MR) is 94.3 cm³/mol. The lowest BCUT2D eigenvalue weighted by molar-refractivity contribution is -0.0132. The molecule has 1 aliphatic carbocycles. The van der Waals surface area contributed by atoms with Gasteiger partial charge in [0.1, 0.15) is 17.9 Å². The van der Waals surface area contributed by atoms with Crippen LogP contribution in [-0.4, -0.2) is 35.6 Å². The number of fused-ring (bicyclic) bond motifs is 1. The summed E-state index contributed by atoms with van der Waals surface area (Å²) in [6, 6.07) is 4.14. The van der Waals surface area contributed by atoms with Crippen molar-refractivity contribution >= 4 is 11.8 Å². The molecule has 0 unspecified atom stereocenters. The number of ether oxygens (including phenoxy) is 1. The summed E-state index contributed by atoms with van der Waals surface area (Å²) >= 11 is 0. The fraction of sp³-hybridized carbons (Fsp3) is 0.611. The lowest BCUT2D eigenvalue weighted by Crippen LogP contribution is -2.32. The van der Waals surface area contributed by atoms with E-state index in [-0.39, 0.29) is 0 Å². The Morgan fingerprint density at radius 1 is 1.28 bits per heavy atom. The van der Waals surface area contributed by atoms with Crippen LogP contribution in [0.3, 0.4) is 0 Å². The molecule has 7 nitrogen and oxygen atoms in total. The third-order valence-corrected chi connectivity index (χ3v) is 3.46. The Morgan fingerprint density at radius 3 is 2.84 bits per heavy atom. The maximum absolute atomic E-state index is 11.4.